The lowest BCUT2D eigenvalue weighted by atomic mass is 9.85. The first-order valence-corrected chi connectivity index (χ1v) is 22.7. The third-order valence-corrected chi connectivity index (χ3v) is 12.6. The molecule has 6 aromatic rings. The number of rotatable bonds is 11. The molecule has 340 valence electrons. The fourth-order valence-electron chi connectivity index (χ4n) is 8.85. The Hall–Kier alpha value is -4.70. The molecule has 6 aromatic carbocycles. The highest BCUT2D eigenvalue weighted by atomic mass is 16.7. The molecule has 8 rings (SSSR count). The molecule has 0 atom stereocenters. The van der Waals surface area contributed by atoms with E-state index in [-0.39, 0.29) is 36.3 Å². The Balaban J connectivity index is 1.18. The van der Waals surface area contributed by atoms with Gasteiger partial charge in [-0.25, -0.2) is 0 Å². The third-order valence-electron chi connectivity index (χ3n) is 12.6. The molecular weight excluding hydrogens is 801 g/mol. The van der Waals surface area contributed by atoms with E-state index in [9.17, 15) is 0 Å². The fraction of sp³-hybridized carbons (Fsp3) is 0.464. The lowest BCUT2D eigenvalue weighted by molar-refractivity contribution is -0.181. The third kappa shape index (κ3) is 9.50. The maximum absolute atomic E-state index is 6.85. The Bertz CT molecular complexity index is 2720. The SMILES string of the molecule is COCOc1c(COCc2c3c(cc4cc(C(C)(C)C)ccc24)COC(C)(C)O3)cc2cc(C(C)(C)C)ccc2c1COCc1c2c(cc3cc(C(C)(C)C)ccc13)COC(C)(C)O2. The highest BCUT2D eigenvalue weighted by Gasteiger charge is 2.33. The normalized spacial score (nSPS) is 16.1. The molecule has 64 heavy (non-hydrogen) atoms. The zero-order valence-corrected chi connectivity index (χ0v) is 40.6. The molecule has 0 radical (unpaired) electrons. The van der Waals surface area contributed by atoms with Gasteiger partial charge in [-0.1, -0.05) is 117 Å². The van der Waals surface area contributed by atoms with Crippen LogP contribution in [-0.2, 0) is 79.6 Å². The van der Waals surface area contributed by atoms with Gasteiger partial charge in [0.15, 0.2) is 6.79 Å². The van der Waals surface area contributed by atoms with Crippen molar-refractivity contribution < 1.29 is 37.9 Å². The van der Waals surface area contributed by atoms with Crippen molar-refractivity contribution in [3.8, 4) is 17.2 Å². The van der Waals surface area contributed by atoms with Crippen molar-refractivity contribution in [1.29, 1.82) is 0 Å². The van der Waals surface area contributed by atoms with Gasteiger partial charge in [-0.2, -0.15) is 0 Å². The van der Waals surface area contributed by atoms with Crippen LogP contribution in [0.4, 0.5) is 0 Å². The van der Waals surface area contributed by atoms with E-state index in [2.05, 4.69) is 135 Å². The lowest BCUT2D eigenvalue weighted by Crippen LogP contribution is -2.36. The van der Waals surface area contributed by atoms with Crippen LogP contribution in [0, 0.1) is 0 Å². The van der Waals surface area contributed by atoms with Gasteiger partial charge in [0.05, 0.1) is 39.6 Å². The van der Waals surface area contributed by atoms with Gasteiger partial charge in [0.1, 0.15) is 17.2 Å². The summed E-state index contributed by atoms with van der Waals surface area (Å²) in [5.74, 6) is 0.813. The Labute approximate surface area is 380 Å². The van der Waals surface area contributed by atoms with Crippen molar-refractivity contribution in [2.24, 2.45) is 0 Å². The molecule has 0 N–H and O–H groups in total. The Morgan fingerprint density at radius 3 is 1.31 bits per heavy atom. The zero-order valence-electron chi connectivity index (χ0n) is 40.6. The molecule has 8 heteroatoms. The smallest absolute Gasteiger partial charge is 0.205 e. The van der Waals surface area contributed by atoms with Crippen molar-refractivity contribution >= 4 is 32.3 Å². The summed E-state index contributed by atoms with van der Waals surface area (Å²) in [5.41, 5.74) is 9.61. The van der Waals surface area contributed by atoms with Gasteiger partial charge in [0.25, 0.3) is 0 Å². The average Bonchev–Trinajstić information content (AvgIpc) is 3.21. The molecule has 0 saturated carbocycles. The number of fused-ring (bicyclic) bond motifs is 5. The average molecular weight is 869 g/mol. The summed E-state index contributed by atoms with van der Waals surface area (Å²) >= 11 is 0. The van der Waals surface area contributed by atoms with Crippen molar-refractivity contribution in [1.82, 2.24) is 0 Å². The molecule has 8 nitrogen and oxygen atoms in total. The van der Waals surface area contributed by atoms with E-state index < -0.39 is 11.6 Å². The minimum Gasteiger partial charge on any atom is -0.467 e. The van der Waals surface area contributed by atoms with E-state index in [0.29, 0.717) is 32.2 Å². The fourth-order valence-corrected chi connectivity index (χ4v) is 8.85. The van der Waals surface area contributed by atoms with Crippen molar-refractivity contribution in [3.05, 3.63) is 123 Å². The summed E-state index contributed by atoms with van der Waals surface area (Å²) in [7, 11) is 1.64. The number of benzene rings is 6. The minimum absolute atomic E-state index is 0.00107. The molecule has 0 amide bonds. The lowest BCUT2D eigenvalue weighted by Gasteiger charge is -2.34. The van der Waals surface area contributed by atoms with Crippen LogP contribution >= 0.6 is 0 Å². The van der Waals surface area contributed by atoms with Gasteiger partial charge < -0.3 is 37.9 Å². The van der Waals surface area contributed by atoms with Crippen molar-refractivity contribution in [3.63, 3.8) is 0 Å². The van der Waals surface area contributed by atoms with Gasteiger partial charge in [-0.15, -0.1) is 0 Å². The maximum atomic E-state index is 6.85. The maximum Gasteiger partial charge on any atom is 0.205 e. The van der Waals surface area contributed by atoms with Gasteiger partial charge in [0.2, 0.25) is 11.6 Å². The molecule has 2 heterocycles. The molecule has 2 aliphatic rings. The molecule has 0 spiro atoms. The first-order chi connectivity index (χ1) is 30.0. The predicted molar refractivity (Wildman–Crippen MR) is 256 cm³/mol. The van der Waals surface area contributed by atoms with Crippen LogP contribution in [0.2, 0.25) is 0 Å². The summed E-state index contributed by atoms with van der Waals surface area (Å²) < 4.78 is 51.1. The first kappa shape index (κ1) is 45.9. The van der Waals surface area contributed by atoms with Crippen LogP contribution in [0.1, 0.15) is 140 Å². The van der Waals surface area contributed by atoms with Crippen LogP contribution in [0.25, 0.3) is 32.3 Å². The van der Waals surface area contributed by atoms with Gasteiger partial charge in [0, 0.05) is 68.2 Å². The Morgan fingerprint density at radius 2 is 0.891 bits per heavy atom. The van der Waals surface area contributed by atoms with E-state index in [1.165, 1.54) is 16.7 Å². The number of hydrogen-bond donors (Lipinski definition) is 0. The largest absolute Gasteiger partial charge is 0.467 e. The van der Waals surface area contributed by atoms with Crippen molar-refractivity contribution in [2.45, 2.75) is 157 Å². The highest BCUT2D eigenvalue weighted by molar-refractivity contribution is 5.92. The monoisotopic (exact) mass is 868 g/mol. The van der Waals surface area contributed by atoms with Gasteiger partial charge in [-0.3, -0.25) is 0 Å². The standard InChI is InChI=1S/C56H68O8/c1-52(2,3)40-15-18-43-34(24-40)21-37(27-58-31-47-44-19-16-41(53(4,5)6)25-35(44)22-38-28-61-55(10,11)63-50(38)47)49(60-33-57-14)46(43)30-59-32-48-45-20-17-42(54(7,8)9)26-36(45)23-39-29-62-56(12,13)64-51(39)48/h15-26H,27-33H2,1-14H3. The summed E-state index contributed by atoms with van der Waals surface area (Å²) in [6.45, 7) is 30.2. The Kier molecular flexibility index (Phi) is 12.1. The first-order valence-electron chi connectivity index (χ1n) is 22.7. The van der Waals surface area contributed by atoms with E-state index in [4.69, 9.17) is 37.9 Å². The molecule has 0 bridgehead atoms. The molecule has 2 aliphatic heterocycles. The van der Waals surface area contributed by atoms with E-state index in [0.717, 1.165) is 77.2 Å². The second-order valence-electron chi connectivity index (χ2n) is 21.7. The molecule has 0 unspecified atom stereocenters. The zero-order chi connectivity index (χ0) is 46.0. The van der Waals surface area contributed by atoms with Gasteiger partial charge >= 0.3 is 0 Å². The van der Waals surface area contributed by atoms with Crippen molar-refractivity contribution in [2.75, 3.05) is 13.9 Å². The van der Waals surface area contributed by atoms with Crippen LogP contribution < -0.4 is 14.2 Å². The van der Waals surface area contributed by atoms with Crippen LogP contribution in [0.15, 0.2) is 72.8 Å². The molecule has 0 aromatic heterocycles. The summed E-state index contributed by atoms with van der Waals surface area (Å²) in [5, 5.41) is 6.64. The molecule has 0 aliphatic carbocycles. The van der Waals surface area contributed by atoms with Gasteiger partial charge in [-0.05, 0) is 83.5 Å². The summed E-state index contributed by atoms with van der Waals surface area (Å²) in [6.07, 6.45) is 0. The topological polar surface area (TPSA) is 73.8 Å². The quantitative estimate of drug-likeness (QED) is 0.119. The second-order valence-corrected chi connectivity index (χ2v) is 21.7. The van der Waals surface area contributed by atoms with Crippen LogP contribution in [0.3, 0.4) is 0 Å². The second kappa shape index (κ2) is 16.9. The Morgan fingerprint density at radius 1 is 0.500 bits per heavy atom. The predicted octanol–water partition coefficient (Wildman–Crippen LogP) is 13.7. The van der Waals surface area contributed by atoms with E-state index in [1.807, 2.05) is 27.7 Å². The number of methoxy groups -OCH3 is 1. The summed E-state index contributed by atoms with van der Waals surface area (Å²) in [6, 6.07) is 26.8. The highest BCUT2D eigenvalue weighted by Crippen LogP contribution is 2.44. The van der Waals surface area contributed by atoms with Crippen LogP contribution in [-0.4, -0.2) is 25.5 Å². The van der Waals surface area contributed by atoms with E-state index in [1.54, 1.807) is 7.11 Å². The van der Waals surface area contributed by atoms with Crippen LogP contribution in [0.5, 0.6) is 17.2 Å². The molecule has 0 saturated heterocycles. The number of hydrogen-bond acceptors (Lipinski definition) is 8. The summed E-state index contributed by atoms with van der Waals surface area (Å²) in [4.78, 5) is 0. The number of ether oxygens (including phenoxy) is 8. The molecule has 0 fully saturated rings. The van der Waals surface area contributed by atoms with E-state index >= 15 is 0 Å². The molecular formula is C56H68O8. The minimum atomic E-state index is -0.770.